The van der Waals surface area contributed by atoms with Crippen LogP contribution in [0.1, 0.15) is 37.7 Å². The van der Waals surface area contributed by atoms with E-state index in [1.807, 2.05) is 18.2 Å². The quantitative estimate of drug-likeness (QED) is 0.809. The number of carbonyl (C=O) groups excluding carboxylic acids is 1. The first kappa shape index (κ1) is 20.2. The van der Waals surface area contributed by atoms with Crippen molar-refractivity contribution < 1.29 is 13.2 Å². The van der Waals surface area contributed by atoms with Crippen LogP contribution < -0.4 is 10.6 Å². The minimum Gasteiger partial charge on any atom is -0.354 e. The molecule has 1 aromatic carbocycles. The van der Waals surface area contributed by atoms with E-state index in [1.165, 1.54) is 11.8 Å². The summed E-state index contributed by atoms with van der Waals surface area (Å²) in [5.41, 5.74) is 1.19. The SMILES string of the molecule is CS(=O)(=O)C1(C(=O)NCC2(c3ccccc3)CCC2)CCNCC1.Cl. The first-order chi connectivity index (χ1) is 11.4. The van der Waals surface area contributed by atoms with Crippen LogP contribution in [0.4, 0.5) is 0 Å². The maximum Gasteiger partial charge on any atom is 0.241 e. The zero-order valence-electron chi connectivity index (χ0n) is 14.6. The zero-order valence-corrected chi connectivity index (χ0v) is 16.2. The summed E-state index contributed by atoms with van der Waals surface area (Å²) in [7, 11) is -3.46. The fourth-order valence-corrected chi connectivity index (χ4v) is 5.32. The van der Waals surface area contributed by atoms with E-state index in [2.05, 4.69) is 22.8 Å². The third-order valence-corrected chi connectivity index (χ3v) is 7.83. The minimum atomic E-state index is -3.46. The second-order valence-electron chi connectivity index (χ2n) is 7.20. The van der Waals surface area contributed by atoms with Gasteiger partial charge < -0.3 is 10.6 Å². The molecular formula is C18H27ClN2O3S. The van der Waals surface area contributed by atoms with Gasteiger partial charge in [0.1, 0.15) is 0 Å². The van der Waals surface area contributed by atoms with Gasteiger partial charge in [0.05, 0.1) is 0 Å². The smallest absolute Gasteiger partial charge is 0.241 e. The molecule has 0 spiro atoms. The summed E-state index contributed by atoms with van der Waals surface area (Å²) in [6.07, 6.45) is 5.08. The minimum absolute atomic E-state index is 0. The van der Waals surface area contributed by atoms with Crippen LogP contribution in [-0.2, 0) is 20.0 Å². The molecule has 7 heteroatoms. The molecular weight excluding hydrogens is 360 g/mol. The van der Waals surface area contributed by atoms with Crippen molar-refractivity contribution in [2.24, 2.45) is 0 Å². The largest absolute Gasteiger partial charge is 0.354 e. The first-order valence-electron chi connectivity index (χ1n) is 8.64. The molecule has 1 aromatic rings. The summed E-state index contributed by atoms with van der Waals surface area (Å²) in [5, 5.41) is 6.14. The number of hydrogen-bond acceptors (Lipinski definition) is 4. The molecule has 1 aliphatic carbocycles. The number of nitrogens with one attached hydrogen (secondary N) is 2. The second-order valence-corrected chi connectivity index (χ2v) is 9.52. The summed E-state index contributed by atoms with van der Waals surface area (Å²) in [6.45, 7) is 1.63. The van der Waals surface area contributed by atoms with Crippen LogP contribution in [0.2, 0.25) is 0 Å². The van der Waals surface area contributed by atoms with Crippen molar-refractivity contribution in [3.8, 4) is 0 Å². The normalized spacial score (nSPS) is 21.5. The Kier molecular flexibility index (Phi) is 6.17. The van der Waals surface area contributed by atoms with Crippen molar-refractivity contribution in [2.75, 3.05) is 25.9 Å². The van der Waals surface area contributed by atoms with Gasteiger partial charge >= 0.3 is 0 Å². The van der Waals surface area contributed by atoms with Crippen LogP contribution in [0.3, 0.4) is 0 Å². The molecule has 2 N–H and O–H groups in total. The lowest BCUT2D eigenvalue weighted by molar-refractivity contribution is -0.124. The second kappa shape index (κ2) is 7.64. The molecule has 3 rings (SSSR count). The maximum atomic E-state index is 12.9. The Morgan fingerprint density at radius 2 is 1.72 bits per heavy atom. The highest BCUT2D eigenvalue weighted by molar-refractivity contribution is 7.92. The Balaban J connectivity index is 0.00000225. The van der Waals surface area contributed by atoms with E-state index >= 15 is 0 Å². The average Bonchev–Trinajstić information content (AvgIpc) is 2.54. The molecule has 2 aliphatic rings. The molecule has 1 saturated heterocycles. The van der Waals surface area contributed by atoms with Crippen molar-refractivity contribution >= 4 is 28.2 Å². The highest BCUT2D eigenvalue weighted by Crippen LogP contribution is 2.43. The highest BCUT2D eigenvalue weighted by Gasteiger charge is 2.49. The number of rotatable bonds is 5. The average molecular weight is 387 g/mol. The fraction of sp³-hybridized carbons (Fsp3) is 0.611. The number of halogens is 1. The van der Waals surface area contributed by atoms with E-state index in [4.69, 9.17) is 0 Å². The summed E-state index contributed by atoms with van der Waals surface area (Å²) in [5.74, 6) is -0.325. The van der Waals surface area contributed by atoms with E-state index in [0.29, 0.717) is 32.5 Å². The molecule has 25 heavy (non-hydrogen) atoms. The molecule has 1 amide bonds. The van der Waals surface area contributed by atoms with Crippen LogP contribution in [0.25, 0.3) is 0 Å². The van der Waals surface area contributed by atoms with Crippen molar-refractivity contribution in [1.29, 1.82) is 0 Å². The highest BCUT2D eigenvalue weighted by atomic mass is 35.5. The van der Waals surface area contributed by atoms with Gasteiger partial charge in [-0.3, -0.25) is 4.79 Å². The number of carbonyl (C=O) groups is 1. The van der Waals surface area contributed by atoms with Gasteiger partial charge in [-0.15, -0.1) is 12.4 Å². The van der Waals surface area contributed by atoms with Crippen molar-refractivity contribution in [1.82, 2.24) is 10.6 Å². The summed E-state index contributed by atoms with van der Waals surface area (Å²) < 4.78 is 23.4. The first-order valence-corrected chi connectivity index (χ1v) is 10.5. The van der Waals surface area contributed by atoms with Crippen LogP contribution in [0.5, 0.6) is 0 Å². The molecule has 0 unspecified atom stereocenters. The summed E-state index contributed by atoms with van der Waals surface area (Å²) in [4.78, 5) is 12.9. The Morgan fingerprint density at radius 1 is 1.12 bits per heavy atom. The van der Waals surface area contributed by atoms with Crippen molar-refractivity contribution in [2.45, 2.75) is 42.3 Å². The Morgan fingerprint density at radius 3 is 2.20 bits per heavy atom. The summed E-state index contributed by atoms with van der Waals surface area (Å²) in [6, 6.07) is 10.2. The van der Waals surface area contributed by atoms with E-state index in [9.17, 15) is 13.2 Å². The van der Waals surface area contributed by atoms with Crippen LogP contribution in [-0.4, -0.2) is 45.0 Å². The number of amides is 1. The van der Waals surface area contributed by atoms with Gasteiger partial charge in [0.15, 0.2) is 14.6 Å². The molecule has 1 heterocycles. The number of piperidine rings is 1. The molecule has 5 nitrogen and oxygen atoms in total. The Labute approximate surface area is 156 Å². The van der Waals surface area contributed by atoms with Crippen LogP contribution in [0, 0.1) is 0 Å². The lowest BCUT2D eigenvalue weighted by Crippen LogP contribution is -2.59. The van der Waals surface area contributed by atoms with E-state index in [0.717, 1.165) is 19.3 Å². The molecule has 0 radical (unpaired) electrons. The fourth-order valence-electron chi connectivity index (χ4n) is 3.97. The van der Waals surface area contributed by atoms with E-state index in [-0.39, 0.29) is 23.7 Å². The molecule has 140 valence electrons. The molecule has 1 aliphatic heterocycles. The summed E-state index contributed by atoms with van der Waals surface area (Å²) >= 11 is 0. The number of benzene rings is 1. The molecule has 2 fully saturated rings. The van der Waals surface area contributed by atoms with Gasteiger partial charge in [-0.1, -0.05) is 36.8 Å². The topological polar surface area (TPSA) is 75.3 Å². The molecule has 1 saturated carbocycles. The van der Waals surface area contributed by atoms with Gasteiger partial charge in [-0.05, 0) is 44.3 Å². The third-order valence-electron chi connectivity index (χ3n) is 5.82. The lowest BCUT2D eigenvalue weighted by atomic mass is 9.64. The van der Waals surface area contributed by atoms with E-state index < -0.39 is 14.6 Å². The van der Waals surface area contributed by atoms with Gasteiger partial charge in [0.2, 0.25) is 5.91 Å². The Bertz CT molecular complexity index is 696. The number of sulfone groups is 1. The molecule has 0 aromatic heterocycles. The Hall–Kier alpha value is -1.11. The van der Waals surface area contributed by atoms with E-state index in [1.54, 1.807) is 0 Å². The van der Waals surface area contributed by atoms with Crippen LogP contribution >= 0.6 is 12.4 Å². The van der Waals surface area contributed by atoms with Gasteiger partial charge in [0.25, 0.3) is 0 Å². The van der Waals surface area contributed by atoms with Crippen LogP contribution in [0.15, 0.2) is 30.3 Å². The number of hydrogen-bond donors (Lipinski definition) is 2. The van der Waals surface area contributed by atoms with Crippen molar-refractivity contribution in [3.63, 3.8) is 0 Å². The van der Waals surface area contributed by atoms with Gasteiger partial charge in [-0.2, -0.15) is 0 Å². The predicted molar refractivity (Wildman–Crippen MR) is 102 cm³/mol. The van der Waals surface area contributed by atoms with Gasteiger partial charge in [0, 0.05) is 18.2 Å². The predicted octanol–water partition coefficient (Wildman–Crippen LogP) is 1.81. The maximum absolute atomic E-state index is 12.9. The standard InChI is InChI=1S/C18H26N2O3S.ClH/c1-24(22,23)18(10-12-19-13-11-18)16(21)20-14-17(8-5-9-17)15-6-3-2-4-7-15;/h2-4,6-7,19H,5,8-14H2,1H3,(H,20,21);1H. The van der Waals surface area contributed by atoms with Gasteiger partial charge in [-0.25, -0.2) is 8.42 Å². The molecule has 0 bridgehead atoms. The van der Waals surface area contributed by atoms with Crippen molar-refractivity contribution in [3.05, 3.63) is 35.9 Å². The monoisotopic (exact) mass is 386 g/mol. The lowest BCUT2D eigenvalue weighted by Gasteiger charge is -2.44. The third kappa shape index (κ3) is 3.71. The zero-order chi connectivity index (χ0) is 17.3. The molecule has 0 atom stereocenters.